The molecule has 0 radical (unpaired) electrons. The van der Waals surface area contributed by atoms with Crippen LogP contribution >= 0.6 is 0 Å². The Morgan fingerprint density at radius 2 is 1.52 bits per heavy atom. The van der Waals surface area contributed by atoms with E-state index >= 15 is 0 Å². The third kappa shape index (κ3) is 4.78. The maximum absolute atomic E-state index is 3.57. The standard InChI is InChI=1S/C17H28N4/c1-2-4-15(5-3-1)14-21-12-8-17(9-13-21)20-19-16-6-10-18-11-7-16/h1-5,16-20H,6-14H2. The van der Waals surface area contributed by atoms with Gasteiger partial charge in [-0.15, -0.1) is 0 Å². The Labute approximate surface area is 128 Å². The van der Waals surface area contributed by atoms with Crippen molar-refractivity contribution in [3.05, 3.63) is 35.9 Å². The Hall–Kier alpha value is -0.940. The van der Waals surface area contributed by atoms with Crippen molar-refractivity contribution < 1.29 is 0 Å². The average Bonchev–Trinajstić information content (AvgIpc) is 2.56. The van der Waals surface area contributed by atoms with Gasteiger partial charge in [0, 0.05) is 31.7 Å². The molecule has 4 nitrogen and oxygen atoms in total. The molecule has 0 aromatic heterocycles. The molecule has 0 aliphatic carbocycles. The molecular weight excluding hydrogens is 260 g/mol. The van der Waals surface area contributed by atoms with Gasteiger partial charge in [-0.3, -0.25) is 15.8 Å². The molecule has 0 unspecified atom stereocenters. The van der Waals surface area contributed by atoms with Crippen LogP contribution in [0.4, 0.5) is 0 Å². The fourth-order valence-corrected chi connectivity index (χ4v) is 3.28. The van der Waals surface area contributed by atoms with Gasteiger partial charge in [-0.05, 0) is 44.3 Å². The minimum Gasteiger partial charge on any atom is -0.317 e. The van der Waals surface area contributed by atoms with E-state index in [4.69, 9.17) is 0 Å². The first-order valence-corrected chi connectivity index (χ1v) is 8.38. The summed E-state index contributed by atoms with van der Waals surface area (Å²) in [6, 6.07) is 12.1. The molecule has 3 N–H and O–H groups in total. The third-order valence-corrected chi connectivity index (χ3v) is 4.67. The number of nitrogens with zero attached hydrogens (tertiary/aromatic N) is 1. The monoisotopic (exact) mass is 288 g/mol. The van der Waals surface area contributed by atoms with Crippen molar-refractivity contribution in [3.63, 3.8) is 0 Å². The topological polar surface area (TPSA) is 39.3 Å². The summed E-state index contributed by atoms with van der Waals surface area (Å²) in [5, 5.41) is 3.41. The van der Waals surface area contributed by atoms with Gasteiger partial charge in [0.05, 0.1) is 0 Å². The molecule has 0 bridgehead atoms. The van der Waals surface area contributed by atoms with Crippen LogP contribution in [-0.4, -0.2) is 43.2 Å². The van der Waals surface area contributed by atoms with Gasteiger partial charge in [0.2, 0.25) is 0 Å². The van der Waals surface area contributed by atoms with Crippen molar-refractivity contribution in [2.24, 2.45) is 0 Å². The highest BCUT2D eigenvalue weighted by molar-refractivity contribution is 5.14. The number of benzene rings is 1. The maximum Gasteiger partial charge on any atom is 0.0237 e. The molecule has 4 heteroatoms. The van der Waals surface area contributed by atoms with Crippen molar-refractivity contribution in [2.45, 2.75) is 44.3 Å². The van der Waals surface area contributed by atoms with E-state index in [1.807, 2.05) is 0 Å². The molecule has 0 spiro atoms. The van der Waals surface area contributed by atoms with Crippen LogP contribution in [0.2, 0.25) is 0 Å². The number of hydrazine groups is 1. The van der Waals surface area contributed by atoms with Gasteiger partial charge in [0.25, 0.3) is 0 Å². The van der Waals surface area contributed by atoms with E-state index in [1.165, 1.54) is 44.3 Å². The zero-order chi connectivity index (χ0) is 14.3. The van der Waals surface area contributed by atoms with Crippen LogP contribution in [0.25, 0.3) is 0 Å². The molecule has 1 aromatic rings. The molecule has 3 rings (SSSR count). The summed E-state index contributed by atoms with van der Waals surface area (Å²) in [5.41, 5.74) is 8.55. The number of hydrogen-bond acceptors (Lipinski definition) is 4. The molecule has 2 heterocycles. The van der Waals surface area contributed by atoms with Gasteiger partial charge in [-0.25, -0.2) is 0 Å². The molecule has 0 atom stereocenters. The van der Waals surface area contributed by atoms with Gasteiger partial charge >= 0.3 is 0 Å². The van der Waals surface area contributed by atoms with Crippen LogP contribution < -0.4 is 16.2 Å². The van der Waals surface area contributed by atoms with Crippen molar-refractivity contribution in [1.82, 2.24) is 21.1 Å². The maximum atomic E-state index is 3.57. The number of nitrogens with one attached hydrogen (secondary N) is 3. The smallest absolute Gasteiger partial charge is 0.0237 e. The largest absolute Gasteiger partial charge is 0.317 e. The zero-order valence-electron chi connectivity index (χ0n) is 12.9. The number of likely N-dealkylation sites (tertiary alicyclic amines) is 1. The first kappa shape index (κ1) is 15.0. The van der Waals surface area contributed by atoms with Crippen molar-refractivity contribution in [2.75, 3.05) is 26.2 Å². The average molecular weight is 288 g/mol. The lowest BCUT2D eigenvalue weighted by atomic mass is 10.0. The van der Waals surface area contributed by atoms with E-state index in [1.54, 1.807) is 0 Å². The molecule has 2 aliphatic heterocycles. The summed E-state index contributed by atoms with van der Waals surface area (Å²) in [4.78, 5) is 2.57. The quantitative estimate of drug-likeness (QED) is 0.718. The second-order valence-electron chi connectivity index (χ2n) is 6.35. The predicted molar refractivity (Wildman–Crippen MR) is 86.9 cm³/mol. The molecular formula is C17H28N4. The number of rotatable bonds is 5. The predicted octanol–water partition coefficient (Wildman–Crippen LogP) is 1.50. The second-order valence-corrected chi connectivity index (χ2v) is 6.35. The minimum absolute atomic E-state index is 0.631. The molecule has 2 fully saturated rings. The molecule has 2 aliphatic rings. The number of piperidine rings is 2. The Kier molecular flexibility index (Phi) is 5.63. The van der Waals surface area contributed by atoms with E-state index < -0.39 is 0 Å². The van der Waals surface area contributed by atoms with E-state index in [0.717, 1.165) is 19.6 Å². The SMILES string of the molecule is c1ccc(CN2CCC(NNC3CCNCC3)CC2)cc1. The Morgan fingerprint density at radius 1 is 0.905 bits per heavy atom. The molecule has 1 aromatic carbocycles. The van der Waals surface area contributed by atoms with Gasteiger partial charge in [0.15, 0.2) is 0 Å². The summed E-state index contributed by atoms with van der Waals surface area (Å²) in [6.07, 6.45) is 4.95. The highest BCUT2D eigenvalue weighted by Crippen LogP contribution is 2.13. The van der Waals surface area contributed by atoms with Crippen LogP contribution in [-0.2, 0) is 6.54 Å². The zero-order valence-corrected chi connectivity index (χ0v) is 12.9. The number of hydrogen-bond donors (Lipinski definition) is 3. The lowest BCUT2D eigenvalue weighted by Gasteiger charge is -2.34. The van der Waals surface area contributed by atoms with E-state index in [9.17, 15) is 0 Å². The molecule has 0 saturated carbocycles. The van der Waals surface area contributed by atoms with Crippen LogP contribution in [0.1, 0.15) is 31.2 Å². The fraction of sp³-hybridized carbons (Fsp3) is 0.647. The molecule has 116 valence electrons. The first-order chi connectivity index (χ1) is 10.4. The first-order valence-electron chi connectivity index (χ1n) is 8.38. The summed E-state index contributed by atoms with van der Waals surface area (Å²) < 4.78 is 0. The van der Waals surface area contributed by atoms with Crippen LogP contribution in [0.5, 0.6) is 0 Å². The highest BCUT2D eigenvalue weighted by Gasteiger charge is 2.20. The second kappa shape index (κ2) is 7.90. The van der Waals surface area contributed by atoms with E-state index in [2.05, 4.69) is 51.4 Å². The summed E-state index contributed by atoms with van der Waals surface area (Å²) in [7, 11) is 0. The molecule has 2 saturated heterocycles. The summed E-state index contributed by atoms with van der Waals surface area (Å²) >= 11 is 0. The van der Waals surface area contributed by atoms with Gasteiger partial charge in [-0.2, -0.15) is 0 Å². The Bertz CT molecular complexity index is 395. The normalized spacial score (nSPS) is 22.5. The minimum atomic E-state index is 0.631. The Balaban J connectivity index is 1.35. The Morgan fingerprint density at radius 3 is 2.19 bits per heavy atom. The van der Waals surface area contributed by atoms with E-state index in [-0.39, 0.29) is 0 Å². The van der Waals surface area contributed by atoms with E-state index in [0.29, 0.717) is 12.1 Å². The van der Waals surface area contributed by atoms with Gasteiger partial charge in [-0.1, -0.05) is 30.3 Å². The lowest BCUT2D eigenvalue weighted by molar-refractivity contribution is 0.175. The van der Waals surface area contributed by atoms with Crippen LogP contribution in [0.3, 0.4) is 0 Å². The summed E-state index contributed by atoms with van der Waals surface area (Å²) in [5.74, 6) is 0. The van der Waals surface area contributed by atoms with Gasteiger partial charge < -0.3 is 5.32 Å². The fourth-order valence-electron chi connectivity index (χ4n) is 3.28. The van der Waals surface area contributed by atoms with Crippen LogP contribution in [0, 0.1) is 0 Å². The molecule has 0 amide bonds. The molecule has 21 heavy (non-hydrogen) atoms. The van der Waals surface area contributed by atoms with Crippen molar-refractivity contribution in [3.8, 4) is 0 Å². The van der Waals surface area contributed by atoms with Gasteiger partial charge in [0.1, 0.15) is 0 Å². The lowest BCUT2D eigenvalue weighted by Crippen LogP contribution is -2.52. The third-order valence-electron chi connectivity index (χ3n) is 4.67. The summed E-state index contributed by atoms with van der Waals surface area (Å²) in [6.45, 7) is 5.78. The van der Waals surface area contributed by atoms with Crippen LogP contribution in [0.15, 0.2) is 30.3 Å². The van der Waals surface area contributed by atoms with Crippen molar-refractivity contribution >= 4 is 0 Å². The highest BCUT2D eigenvalue weighted by atomic mass is 15.4. The van der Waals surface area contributed by atoms with Crippen molar-refractivity contribution in [1.29, 1.82) is 0 Å².